The van der Waals surface area contributed by atoms with Crippen LogP contribution in [0.15, 0.2) is 70.6 Å². The van der Waals surface area contributed by atoms with Gasteiger partial charge < -0.3 is 15.4 Å². The van der Waals surface area contributed by atoms with Crippen LogP contribution in [0.3, 0.4) is 0 Å². The number of aliphatic carboxylic acids is 1. The molecule has 0 aliphatic rings. The van der Waals surface area contributed by atoms with Gasteiger partial charge in [0.1, 0.15) is 0 Å². The third kappa shape index (κ3) is 3.33. The number of nitrogens with zero attached hydrogens (tertiary/aromatic N) is 2. The van der Waals surface area contributed by atoms with Gasteiger partial charge in [0.05, 0.1) is 18.3 Å². The number of rotatable bonds is 5. The molecule has 120 valence electrons. The molecule has 0 bridgehead atoms. The predicted molar refractivity (Wildman–Crippen MR) is 89.5 cm³/mol. The van der Waals surface area contributed by atoms with Crippen molar-refractivity contribution in [3.05, 3.63) is 77.8 Å². The summed E-state index contributed by atoms with van der Waals surface area (Å²) in [5.74, 6) is 5.38. The number of hydrogen-bond donors (Lipinski definition) is 2. The molecular weight excluding hydrogens is 306 g/mol. The van der Waals surface area contributed by atoms with Gasteiger partial charge in [-0.3, -0.25) is 4.79 Å². The topological polar surface area (TPSA) is 102 Å². The number of hydrogen-bond acceptors (Lipinski definition) is 5. The van der Waals surface area contributed by atoms with Crippen LogP contribution >= 0.6 is 0 Å². The van der Waals surface area contributed by atoms with Crippen LogP contribution in [0, 0.1) is 0 Å². The molecule has 0 fully saturated rings. The molecule has 1 aromatic heterocycles. The summed E-state index contributed by atoms with van der Waals surface area (Å²) in [6.45, 7) is 0. The predicted octanol–water partition coefficient (Wildman–Crippen LogP) is 2.68. The molecule has 0 amide bonds. The number of hydrazone groups is 1. The van der Waals surface area contributed by atoms with E-state index in [-0.39, 0.29) is 6.42 Å². The van der Waals surface area contributed by atoms with E-state index < -0.39 is 5.97 Å². The summed E-state index contributed by atoms with van der Waals surface area (Å²) in [5.41, 5.74) is 3.93. The number of carboxylic acid groups (broad SMARTS) is 1. The second kappa shape index (κ2) is 6.78. The Balaban J connectivity index is 1.85. The Morgan fingerprint density at radius 2 is 1.71 bits per heavy atom. The van der Waals surface area contributed by atoms with E-state index in [4.69, 9.17) is 15.4 Å². The van der Waals surface area contributed by atoms with Gasteiger partial charge in [-0.15, -0.1) is 0 Å². The molecule has 0 saturated heterocycles. The maximum atomic E-state index is 10.7. The van der Waals surface area contributed by atoms with Gasteiger partial charge in [0.15, 0.2) is 12.2 Å². The Morgan fingerprint density at radius 1 is 1.08 bits per heavy atom. The number of carboxylic acids is 1. The third-order valence-electron chi connectivity index (χ3n) is 3.59. The highest BCUT2D eigenvalue weighted by atomic mass is 16.4. The molecule has 2 aromatic carbocycles. The van der Waals surface area contributed by atoms with Crippen LogP contribution in [-0.2, 0) is 11.2 Å². The average molecular weight is 321 g/mol. The SMILES string of the molecule is N/N=C(\c1ccc(CC(=O)O)cc1)c1ccc(-c2cnco2)cc1. The van der Waals surface area contributed by atoms with Crippen LogP contribution < -0.4 is 5.84 Å². The molecule has 6 heteroatoms. The fourth-order valence-electron chi connectivity index (χ4n) is 2.42. The van der Waals surface area contributed by atoms with Gasteiger partial charge in [0, 0.05) is 16.7 Å². The highest BCUT2D eigenvalue weighted by molar-refractivity contribution is 6.12. The second-order valence-corrected chi connectivity index (χ2v) is 5.19. The van der Waals surface area contributed by atoms with Gasteiger partial charge in [-0.1, -0.05) is 48.5 Å². The van der Waals surface area contributed by atoms with Crippen LogP contribution in [0.5, 0.6) is 0 Å². The molecule has 3 rings (SSSR count). The van der Waals surface area contributed by atoms with E-state index in [1.165, 1.54) is 6.39 Å². The zero-order chi connectivity index (χ0) is 16.9. The lowest BCUT2D eigenvalue weighted by atomic mass is 9.99. The first kappa shape index (κ1) is 15.5. The number of carbonyl (C=O) groups is 1. The molecule has 0 saturated carbocycles. The van der Waals surface area contributed by atoms with Crippen molar-refractivity contribution in [2.24, 2.45) is 10.9 Å². The minimum atomic E-state index is -0.863. The van der Waals surface area contributed by atoms with Crippen molar-refractivity contribution < 1.29 is 14.3 Å². The summed E-state index contributed by atoms with van der Waals surface area (Å²) in [6, 6.07) is 14.8. The summed E-state index contributed by atoms with van der Waals surface area (Å²) >= 11 is 0. The molecule has 3 N–H and O–H groups in total. The zero-order valence-corrected chi connectivity index (χ0v) is 12.7. The minimum absolute atomic E-state index is 0.0126. The van der Waals surface area contributed by atoms with Crippen molar-refractivity contribution in [1.82, 2.24) is 4.98 Å². The lowest BCUT2D eigenvalue weighted by molar-refractivity contribution is -0.136. The molecule has 6 nitrogen and oxygen atoms in total. The van der Waals surface area contributed by atoms with Crippen LogP contribution in [-0.4, -0.2) is 21.8 Å². The summed E-state index contributed by atoms with van der Waals surface area (Å²) in [4.78, 5) is 14.6. The first-order valence-electron chi connectivity index (χ1n) is 7.25. The van der Waals surface area contributed by atoms with Crippen LogP contribution in [0.4, 0.5) is 0 Å². The third-order valence-corrected chi connectivity index (χ3v) is 3.59. The molecule has 3 aromatic rings. The molecule has 0 radical (unpaired) electrons. The number of benzene rings is 2. The van der Waals surface area contributed by atoms with Gasteiger partial charge >= 0.3 is 5.97 Å². The van der Waals surface area contributed by atoms with E-state index in [0.717, 1.165) is 22.3 Å². The van der Waals surface area contributed by atoms with E-state index in [1.807, 2.05) is 36.4 Å². The first-order chi connectivity index (χ1) is 11.7. The largest absolute Gasteiger partial charge is 0.481 e. The summed E-state index contributed by atoms with van der Waals surface area (Å²) < 4.78 is 5.26. The Morgan fingerprint density at radius 3 is 2.21 bits per heavy atom. The maximum Gasteiger partial charge on any atom is 0.307 e. The smallest absolute Gasteiger partial charge is 0.307 e. The van der Waals surface area contributed by atoms with Crippen molar-refractivity contribution >= 4 is 11.7 Å². The van der Waals surface area contributed by atoms with Crippen molar-refractivity contribution in [3.8, 4) is 11.3 Å². The van der Waals surface area contributed by atoms with Crippen LogP contribution in [0.2, 0.25) is 0 Å². The minimum Gasteiger partial charge on any atom is -0.481 e. The Hall–Kier alpha value is -3.41. The van der Waals surface area contributed by atoms with E-state index in [1.54, 1.807) is 18.3 Å². The summed E-state index contributed by atoms with van der Waals surface area (Å²) in [6.07, 6.45) is 3.02. The molecule has 0 aliphatic carbocycles. The normalized spacial score (nSPS) is 11.4. The highest BCUT2D eigenvalue weighted by Gasteiger charge is 2.09. The summed E-state index contributed by atoms with van der Waals surface area (Å²) in [7, 11) is 0. The van der Waals surface area contributed by atoms with Crippen LogP contribution in [0.25, 0.3) is 11.3 Å². The molecular formula is C18H15N3O3. The van der Waals surface area contributed by atoms with Crippen molar-refractivity contribution in [2.45, 2.75) is 6.42 Å². The lowest BCUT2D eigenvalue weighted by Crippen LogP contribution is -2.07. The van der Waals surface area contributed by atoms with E-state index in [9.17, 15) is 4.79 Å². The Labute approximate surface area is 138 Å². The number of aromatic nitrogens is 1. The second-order valence-electron chi connectivity index (χ2n) is 5.19. The number of oxazole rings is 1. The first-order valence-corrected chi connectivity index (χ1v) is 7.25. The monoisotopic (exact) mass is 321 g/mol. The molecule has 0 spiro atoms. The molecule has 0 aliphatic heterocycles. The maximum absolute atomic E-state index is 10.7. The average Bonchev–Trinajstić information content (AvgIpc) is 3.12. The Bertz CT molecular complexity index is 852. The lowest BCUT2D eigenvalue weighted by Gasteiger charge is -2.07. The highest BCUT2D eigenvalue weighted by Crippen LogP contribution is 2.20. The van der Waals surface area contributed by atoms with Crippen LogP contribution in [0.1, 0.15) is 16.7 Å². The van der Waals surface area contributed by atoms with E-state index in [0.29, 0.717) is 11.5 Å². The van der Waals surface area contributed by atoms with Gasteiger partial charge in [-0.05, 0) is 5.56 Å². The van der Waals surface area contributed by atoms with Crippen molar-refractivity contribution in [2.75, 3.05) is 0 Å². The van der Waals surface area contributed by atoms with Gasteiger partial charge in [-0.2, -0.15) is 5.10 Å². The number of nitrogens with two attached hydrogens (primary N) is 1. The summed E-state index contributed by atoms with van der Waals surface area (Å²) in [5, 5.41) is 12.7. The quantitative estimate of drug-likeness (QED) is 0.427. The van der Waals surface area contributed by atoms with Crippen molar-refractivity contribution in [1.29, 1.82) is 0 Å². The molecule has 1 heterocycles. The Kier molecular flexibility index (Phi) is 4.38. The van der Waals surface area contributed by atoms with E-state index >= 15 is 0 Å². The van der Waals surface area contributed by atoms with Gasteiger partial charge in [-0.25, -0.2) is 4.98 Å². The molecule has 0 atom stereocenters. The van der Waals surface area contributed by atoms with Gasteiger partial charge in [0.25, 0.3) is 0 Å². The van der Waals surface area contributed by atoms with Crippen molar-refractivity contribution in [3.63, 3.8) is 0 Å². The zero-order valence-electron chi connectivity index (χ0n) is 12.7. The van der Waals surface area contributed by atoms with E-state index in [2.05, 4.69) is 10.1 Å². The standard InChI is InChI=1S/C18H15N3O3/c19-21-18(14-3-1-12(2-4-14)9-17(22)23)15-7-5-13(6-8-15)16-10-20-11-24-16/h1-8,10-11H,9,19H2,(H,22,23)/b21-18+. The fourth-order valence-corrected chi connectivity index (χ4v) is 2.42. The fraction of sp³-hybridized carbons (Fsp3) is 0.0556. The van der Waals surface area contributed by atoms with Gasteiger partial charge in [0.2, 0.25) is 0 Å². The molecule has 0 unspecified atom stereocenters. The molecule has 24 heavy (non-hydrogen) atoms.